The number of nitrogens with zero attached hydrogens (tertiary/aromatic N) is 8. The van der Waals surface area contributed by atoms with Gasteiger partial charge in [-0.1, -0.05) is 29.7 Å². The molecule has 0 bridgehead atoms. The van der Waals surface area contributed by atoms with Crippen molar-refractivity contribution in [1.82, 2.24) is 39.2 Å². The highest BCUT2D eigenvalue weighted by Gasteiger charge is 2.19. The minimum absolute atomic E-state index is 0.555. The van der Waals surface area contributed by atoms with E-state index in [0.29, 0.717) is 11.7 Å². The molecule has 8 nitrogen and oxygen atoms in total. The Morgan fingerprint density at radius 3 is 2.78 bits per heavy atom. The van der Waals surface area contributed by atoms with Crippen molar-refractivity contribution >= 4 is 27.8 Å². The lowest BCUT2D eigenvalue weighted by molar-refractivity contribution is 0.621. The van der Waals surface area contributed by atoms with Gasteiger partial charge in [0, 0.05) is 12.4 Å². The average Bonchev–Trinajstić information content (AvgIpc) is 3.20. The molecule has 10 heteroatoms. The van der Waals surface area contributed by atoms with Crippen molar-refractivity contribution in [3.05, 3.63) is 17.1 Å². The zero-order valence-electron chi connectivity index (χ0n) is 12.8. The first-order chi connectivity index (χ1) is 11.1. The second kappa shape index (κ2) is 5.46. The van der Waals surface area contributed by atoms with Crippen LogP contribution in [0.4, 0.5) is 0 Å². The number of hydrogen-bond acceptors (Lipinski definition) is 8. The minimum Gasteiger partial charge on any atom is -0.264 e. The van der Waals surface area contributed by atoms with Crippen LogP contribution >= 0.6 is 22.9 Å². The van der Waals surface area contributed by atoms with E-state index in [4.69, 9.17) is 0 Å². The molecule has 0 aliphatic rings. The second-order valence-electron chi connectivity index (χ2n) is 5.66. The van der Waals surface area contributed by atoms with E-state index in [-0.39, 0.29) is 0 Å². The van der Waals surface area contributed by atoms with E-state index in [1.165, 1.54) is 22.9 Å². The van der Waals surface area contributed by atoms with Crippen molar-refractivity contribution in [2.45, 2.75) is 20.3 Å². The van der Waals surface area contributed by atoms with E-state index in [1.54, 1.807) is 4.52 Å². The fourth-order valence-electron chi connectivity index (χ4n) is 2.39. The molecule has 4 aromatic heterocycles. The van der Waals surface area contributed by atoms with Gasteiger partial charge in [0.15, 0.2) is 5.01 Å². The lowest BCUT2D eigenvalue weighted by Crippen LogP contribution is -1.99. The first kappa shape index (κ1) is 14.4. The summed E-state index contributed by atoms with van der Waals surface area (Å²) in [4.78, 5) is 0.731. The number of aromatic nitrogens is 8. The topological polar surface area (TPSA) is 86.7 Å². The number of fused-ring (bicyclic) bond motifs is 1. The third kappa shape index (κ3) is 2.53. The molecule has 0 N–H and O–H groups in total. The maximum Gasteiger partial charge on any atom is 0.235 e. The van der Waals surface area contributed by atoms with E-state index in [1.807, 2.05) is 17.1 Å². The molecular weight excluding hydrogens is 332 g/mol. The van der Waals surface area contributed by atoms with Crippen LogP contribution in [0, 0.1) is 5.92 Å². The number of rotatable bonds is 4. The van der Waals surface area contributed by atoms with Crippen molar-refractivity contribution in [3.63, 3.8) is 0 Å². The van der Waals surface area contributed by atoms with Gasteiger partial charge in [0.05, 0.1) is 5.69 Å². The van der Waals surface area contributed by atoms with Gasteiger partial charge in [-0.05, 0) is 29.9 Å². The third-order valence-corrected chi connectivity index (χ3v) is 4.77. The maximum absolute atomic E-state index is 4.58. The Morgan fingerprint density at radius 1 is 1.17 bits per heavy atom. The zero-order chi connectivity index (χ0) is 16.0. The van der Waals surface area contributed by atoms with Crippen LogP contribution in [0.5, 0.6) is 0 Å². The van der Waals surface area contributed by atoms with Crippen LogP contribution in [0.15, 0.2) is 11.4 Å². The fourth-order valence-corrected chi connectivity index (χ4v) is 3.70. The zero-order valence-corrected chi connectivity index (χ0v) is 14.5. The lowest BCUT2D eigenvalue weighted by Gasteiger charge is -1.98. The molecule has 0 atom stereocenters. The van der Waals surface area contributed by atoms with Crippen molar-refractivity contribution in [3.8, 4) is 22.2 Å². The molecule has 23 heavy (non-hydrogen) atoms. The highest BCUT2D eigenvalue weighted by Crippen LogP contribution is 2.27. The summed E-state index contributed by atoms with van der Waals surface area (Å²) in [6.45, 7) is 4.36. The highest BCUT2D eigenvalue weighted by molar-refractivity contribution is 7.20. The summed E-state index contributed by atoms with van der Waals surface area (Å²) in [6, 6.07) is 2.06. The molecule has 0 spiro atoms. The van der Waals surface area contributed by atoms with Crippen LogP contribution < -0.4 is 0 Å². The van der Waals surface area contributed by atoms with Gasteiger partial charge in [0.25, 0.3) is 0 Å². The quantitative estimate of drug-likeness (QED) is 0.563. The maximum atomic E-state index is 4.58. The Morgan fingerprint density at radius 2 is 2.04 bits per heavy atom. The van der Waals surface area contributed by atoms with E-state index in [0.717, 1.165) is 33.5 Å². The van der Waals surface area contributed by atoms with Gasteiger partial charge in [0.2, 0.25) is 10.8 Å². The molecule has 0 saturated carbocycles. The molecule has 0 amide bonds. The fraction of sp³-hybridized carbons (Fsp3) is 0.385. The Bertz CT molecular complexity index is 946. The Labute approximate surface area is 140 Å². The normalized spacial score (nSPS) is 11.8. The van der Waals surface area contributed by atoms with Gasteiger partial charge in [-0.3, -0.25) is 4.68 Å². The summed E-state index contributed by atoms with van der Waals surface area (Å²) in [5, 5.41) is 24.3. The summed E-state index contributed by atoms with van der Waals surface area (Å²) in [5.74, 6) is 1.25. The van der Waals surface area contributed by atoms with Crippen LogP contribution in [-0.2, 0) is 13.5 Å². The molecule has 4 rings (SSSR count). The molecular formula is C13H14N8S2. The van der Waals surface area contributed by atoms with E-state index in [2.05, 4.69) is 49.9 Å². The lowest BCUT2D eigenvalue weighted by atomic mass is 10.1. The molecule has 0 radical (unpaired) electrons. The van der Waals surface area contributed by atoms with Gasteiger partial charge in [-0.25, -0.2) is 0 Å². The van der Waals surface area contributed by atoms with Crippen LogP contribution in [0.25, 0.3) is 27.2 Å². The van der Waals surface area contributed by atoms with E-state index < -0.39 is 0 Å². The molecule has 4 heterocycles. The first-order valence-electron chi connectivity index (χ1n) is 7.15. The summed E-state index contributed by atoms with van der Waals surface area (Å²) < 4.78 is 7.45. The summed E-state index contributed by atoms with van der Waals surface area (Å²) >= 11 is 2.75. The number of hydrogen-bond donors (Lipinski definition) is 0. The van der Waals surface area contributed by atoms with Crippen LogP contribution in [0.2, 0.25) is 0 Å². The Balaban J connectivity index is 1.78. The Hall–Kier alpha value is -2.20. The van der Waals surface area contributed by atoms with Gasteiger partial charge in [-0.15, -0.1) is 15.3 Å². The SMILES string of the molecule is CC(C)Cc1cc(-c2nnc3sc(-c4csnn4)nn23)n(C)n1. The van der Waals surface area contributed by atoms with E-state index in [9.17, 15) is 0 Å². The third-order valence-electron chi connectivity index (χ3n) is 3.35. The second-order valence-corrected chi connectivity index (χ2v) is 7.22. The first-order valence-corrected chi connectivity index (χ1v) is 8.80. The molecule has 0 fully saturated rings. The molecule has 4 aromatic rings. The van der Waals surface area contributed by atoms with Gasteiger partial charge in [-0.2, -0.15) is 14.7 Å². The predicted molar refractivity (Wildman–Crippen MR) is 88.3 cm³/mol. The summed E-state index contributed by atoms with van der Waals surface area (Å²) in [6.07, 6.45) is 0.933. The van der Waals surface area contributed by atoms with Crippen LogP contribution in [0.1, 0.15) is 19.5 Å². The highest BCUT2D eigenvalue weighted by atomic mass is 32.1. The standard InChI is InChI=1S/C13H14N8S2/c1-7(2)4-8-5-10(20(3)17-8)11-15-16-13-21(11)18-12(23-13)9-6-22-19-14-9/h5-7H,4H2,1-3H3. The summed E-state index contributed by atoms with van der Waals surface area (Å²) in [7, 11) is 1.91. The average molecular weight is 346 g/mol. The van der Waals surface area contributed by atoms with E-state index >= 15 is 0 Å². The molecule has 0 saturated heterocycles. The largest absolute Gasteiger partial charge is 0.264 e. The van der Waals surface area contributed by atoms with Crippen molar-refractivity contribution < 1.29 is 0 Å². The smallest absolute Gasteiger partial charge is 0.235 e. The van der Waals surface area contributed by atoms with Crippen molar-refractivity contribution in [1.29, 1.82) is 0 Å². The van der Waals surface area contributed by atoms with Gasteiger partial charge < -0.3 is 0 Å². The van der Waals surface area contributed by atoms with Crippen LogP contribution in [0.3, 0.4) is 0 Å². The monoisotopic (exact) mass is 346 g/mol. The Kier molecular flexibility index (Phi) is 3.42. The number of aryl methyl sites for hydroxylation is 1. The van der Waals surface area contributed by atoms with Gasteiger partial charge in [0.1, 0.15) is 11.4 Å². The van der Waals surface area contributed by atoms with Crippen LogP contribution in [-0.4, -0.2) is 39.2 Å². The molecule has 118 valence electrons. The minimum atomic E-state index is 0.555. The van der Waals surface area contributed by atoms with Crippen molar-refractivity contribution in [2.75, 3.05) is 0 Å². The molecule has 0 aromatic carbocycles. The van der Waals surface area contributed by atoms with Gasteiger partial charge >= 0.3 is 0 Å². The molecule has 0 unspecified atom stereocenters. The molecule has 0 aliphatic heterocycles. The molecule has 0 aliphatic carbocycles. The summed E-state index contributed by atoms with van der Waals surface area (Å²) in [5.41, 5.74) is 2.72. The predicted octanol–water partition coefficient (Wildman–Crippen LogP) is 2.30. The van der Waals surface area contributed by atoms with Crippen molar-refractivity contribution in [2.24, 2.45) is 13.0 Å².